The van der Waals surface area contributed by atoms with Gasteiger partial charge in [0.2, 0.25) is 0 Å². The predicted octanol–water partition coefficient (Wildman–Crippen LogP) is 3.74. The summed E-state index contributed by atoms with van der Waals surface area (Å²) in [5, 5.41) is 0. The minimum Gasteiger partial charge on any atom is -0.335 e. The largest absolute Gasteiger partial charge is 2.00 e. The smallest absolute Gasteiger partial charge is 0.335 e. The van der Waals surface area contributed by atoms with Crippen LogP contribution in [0.1, 0.15) is 27.7 Å². The summed E-state index contributed by atoms with van der Waals surface area (Å²) < 4.78 is 0. The van der Waals surface area contributed by atoms with E-state index in [2.05, 4.69) is 6.07 Å². The van der Waals surface area contributed by atoms with Gasteiger partial charge in [0, 0.05) is 0 Å². The van der Waals surface area contributed by atoms with Crippen LogP contribution in [0.2, 0.25) is 0 Å². The molecule has 0 saturated carbocycles. The zero-order chi connectivity index (χ0) is 8.95. The van der Waals surface area contributed by atoms with E-state index in [0.717, 1.165) is 0 Å². The summed E-state index contributed by atoms with van der Waals surface area (Å²) in [7, 11) is 0. The topological polar surface area (TPSA) is 0 Å². The number of rotatable bonds is 0. The molecule has 0 radical (unpaired) electrons. The van der Waals surface area contributed by atoms with Crippen molar-refractivity contribution in [3.05, 3.63) is 42.8 Å². The van der Waals surface area contributed by atoms with Crippen LogP contribution in [0, 0.1) is 12.5 Å². The molecule has 0 aliphatic carbocycles. The van der Waals surface area contributed by atoms with Gasteiger partial charge in [-0.2, -0.15) is 50.2 Å². The summed E-state index contributed by atoms with van der Waals surface area (Å²) in [5.41, 5.74) is 0. The molecular weight excluding hydrogens is 316 g/mol. The Kier molecular flexibility index (Phi) is 33.4. The van der Waals surface area contributed by atoms with Gasteiger partial charge in [0.15, 0.2) is 0 Å². The molecule has 1 rings (SSSR count). The van der Waals surface area contributed by atoms with Gasteiger partial charge in [-0.3, -0.25) is 0 Å². The summed E-state index contributed by atoms with van der Waals surface area (Å²) in [4.78, 5) is 0. The van der Waals surface area contributed by atoms with Crippen LogP contribution in [-0.4, -0.2) is 0 Å². The van der Waals surface area contributed by atoms with Crippen molar-refractivity contribution in [1.29, 1.82) is 0 Å². The molecule has 0 N–H and O–H groups in total. The van der Waals surface area contributed by atoms with Gasteiger partial charge in [0.05, 0.1) is 0 Å². The molecule has 0 bridgehead atoms. The molecule has 1 heteroatoms. The summed E-state index contributed by atoms with van der Waals surface area (Å²) >= 11 is 0. The number of benzene rings is 1. The van der Waals surface area contributed by atoms with Crippen LogP contribution < -0.4 is 0 Å². The third-order valence-corrected chi connectivity index (χ3v) is 0.607. The first-order valence-corrected chi connectivity index (χ1v) is 4.07. The van der Waals surface area contributed by atoms with E-state index in [1.165, 1.54) is 0 Å². The fourth-order valence-electron chi connectivity index (χ4n) is 0.342. The average molecular weight is 334 g/mol. The van der Waals surface area contributed by atoms with Crippen molar-refractivity contribution in [1.82, 2.24) is 0 Å². The summed E-state index contributed by atoms with van der Waals surface area (Å²) in [6, 6.07) is 12.5. The molecule has 0 amide bonds. The van der Waals surface area contributed by atoms with Crippen molar-refractivity contribution in [3.8, 4) is 0 Å². The second-order valence-corrected chi connectivity index (χ2v) is 1.65. The summed E-state index contributed by atoms with van der Waals surface area (Å²) in [6.07, 6.45) is 2.00. The third-order valence-electron chi connectivity index (χ3n) is 0.607. The van der Waals surface area contributed by atoms with Crippen molar-refractivity contribution in [2.24, 2.45) is 0 Å². The Hall–Kier alpha value is -0.0917. The Labute approximate surface area is 91.7 Å². The van der Waals surface area contributed by atoms with Crippen LogP contribution in [0.25, 0.3) is 0 Å². The molecule has 12 heavy (non-hydrogen) atoms. The molecular formula is C11H18W. The molecule has 0 aliphatic rings. The summed E-state index contributed by atoms with van der Waals surface area (Å²) in [6.45, 7) is 8.00. The van der Waals surface area contributed by atoms with Crippen molar-refractivity contribution < 1.29 is 21.1 Å². The van der Waals surface area contributed by atoms with Crippen molar-refractivity contribution in [3.63, 3.8) is 0 Å². The molecule has 0 atom stereocenters. The van der Waals surface area contributed by atoms with Crippen LogP contribution >= 0.6 is 0 Å². The maximum Gasteiger partial charge on any atom is 2.00 e. The molecule has 0 fully saturated rings. The van der Waals surface area contributed by atoms with Crippen LogP contribution in [-0.2, 0) is 21.1 Å². The molecule has 1 aromatic carbocycles. The van der Waals surface area contributed by atoms with E-state index in [1.807, 2.05) is 64.4 Å². The van der Waals surface area contributed by atoms with Crippen molar-refractivity contribution in [2.75, 3.05) is 0 Å². The SMILES string of the molecule is CC.C[CH-]C.[W+2].[c-]1ccccc1. The number of hydrogen-bond donors (Lipinski definition) is 0. The van der Waals surface area contributed by atoms with Gasteiger partial charge in [-0.15, -0.1) is 0 Å². The van der Waals surface area contributed by atoms with Gasteiger partial charge >= 0.3 is 21.1 Å². The van der Waals surface area contributed by atoms with Crippen LogP contribution in [0.3, 0.4) is 0 Å². The first-order chi connectivity index (χ1) is 5.41. The quantitative estimate of drug-likeness (QED) is 0.634. The van der Waals surface area contributed by atoms with Crippen LogP contribution in [0.4, 0.5) is 0 Å². The van der Waals surface area contributed by atoms with E-state index >= 15 is 0 Å². The van der Waals surface area contributed by atoms with Crippen LogP contribution in [0.15, 0.2) is 30.3 Å². The Morgan fingerprint density at radius 3 is 1.33 bits per heavy atom. The van der Waals surface area contributed by atoms with Gasteiger partial charge in [-0.05, 0) is 0 Å². The van der Waals surface area contributed by atoms with Gasteiger partial charge < -0.3 is 6.42 Å². The summed E-state index contributed by atoms with van der Waals surface area (Å²) in [5.74, 6) is 0. The average Bonchev–Trinajstić information content (AvgIpc) is 2.12. The molecule has 68 valence electrons. The Balaban J connectivity index is -0.000000119. The molecule has 1 aromatic rings. The van der Waals surface area contributed by atoms with E-state index in [4.69, 9.17) is 0 Å². The molecule has 0 heterocycles. The Morgan fingerprint density at radius 2 is 1.25 bits per heavy atom. The van der Waals surface area contributed by atoms with Crippen molar-refractivity contribution in [2.45, 2.75) is 27.7 Å². The molecule has 0 nitrogen and oxygen atoms in total. The van der Waals surface area contributed by atoms with E-state index in [0.29, 0.717) is 0 Å². The zero-order valence-electron chi connectivity index (χ0n) is 8.37. The minimum atomic E-state index is 0. The van der Waals surface area contributed by atoms with E-state index < -0.39 is 0 Å². The molecule has 0 spiro atoms. The first-order valence-electron chi connectivity index (χ1n) is 4.07. The fourth-order valence-corrected chi connectivity index (χ4v) is 0.342. The zero-order valence-corrected chi connectivity index (χ0v) is 11.3. The maximum absolute atomic E-state index is 2.89. The maximum atomic E-state index is 2.89. The fraction of sp³-hybridized carbons (Fsp3) is 0.364. The number of hydrogen-bond acceptors (Lipinski definition) is 0. The molecule has 0 aliphatic heterocycles. The Morgan fingerprint density at radius 1 is 0.917 bits per heavy atom. The monoisotopic (exact) mass is 334 g/mol. The Bertz CT molecular complexity index is 87.9. The normalized spacial score (nSPS) is 6.00. The van der Waals surface area contributed by atoms with E-state index in [1.54, 1.807) is 0 Å². The minimum absolute atomic E-state index is 0. The van der Waals surface area contributed by atoms with Gasteiger partial charge in [-0.25, -0.2) is 0 Å². The molecule has 0 saturated heterocycles. The first kappa shape index (κ1) is 17.9. The van der Waals surface area contributed by atoms with E-state index in [9.17, 15) is 0 Å². The molecule has 0 aromatic heterocycles. The van der Waals surface area contributed by atoms with E-state index in [-0.39, 0.29) is 21.1 Å². The van der Waals surface area contributed by atoms with Crippen molar-refractivity contribution >= 4 is 0 Å². The predicted molar refractivity (Wildman–Crippen MR) is 52.3 cm³/mol. The standard InChI is InChI=1S/C6H5.C3H7.C2H6.W/c1-2-4-6-5-3-1;1-3-2;1-2;/h1-5H;3H,1-2H3;1-2H3;/q2*-1;;+2. The van der Waals surface area contributed by atoms with Gasteiger partial charge in [0.25, 0.3) is 0 Å². The second-order valence-electron chi connectivity index (χ2n) is 1.65. The van der Waals surface area contributed by atoms with Gasteiger partial charge in [0.1, 0.15) is 0 Å². The molecule has 0 unspecified atom stereocenters. The second kappa shape index (κ2) is 22.4. The van der Waals surface area contributed by atoms with Crippen LogP contribution in [0.5, 0.6) is 0 Å². The van der Waals surface area contributed by atoms with Gasteiger partial charge in [-0.1, -0.05) is 13.8 Å². The third kappa shape index (κ3) is 22.5.